The van der Waals surface area contributed by atoms with E-state index in [4.69, 9.17) is 0 Å². The first-order chi connectivity index (χ1) is 15.9. The average molecular weight is 495 g/mol. The van der Waals surface area contributed by atoms with Crippen LogP contribution in [0.15, 0.2) is 11.6 Å². The van der Waals surface area contributed by atoms with Crippen LogP contribution >= 0.6 is 0 Å². The molecule has 0 amide bonds. The maximum absolute atomic E-state index is 13.3. The van der Waals surface area contributed by atoms with Crippen LogP contribution < -0.4 is 0 Å². The minimum atomic E-state index is -1.54. The van der Waals surface area contributed by atoms with Crippen molar-refractivity contribution in [2.24, 2.45) is 34.5 Å². The molecular weight excluding hydrogens is 448 g/mol. The third-order valence-electron chi connectivity index (χ3n) is 11.3. The van der Waals surface area contributed by atoms with Crippen LogP contribution in [0.5, 0.6) is 0 Å². The van der Waals surface area contributed by atoms with Crippen molar-refractivity contribution in [2.75, 3.05) is 0 Å². The number of aliphatic hydroxyl groups excluding tert-OH is 3. The van der Waals surface area contributed by atoms with E-state index in [9.17, 15) is 35.4 Å². The molecule has 0 aromatic rings. The summed E-state index contributed by atoms with van der Waals surface area (Å²) in [6, 6.07) is 0. The van der Waals surface area contributed by atoms with Crippen LogP contribution in [-0.4, -0.2) is 71.5 Å². The molecule has 3 saturated carbocycles. The molecule has 7 nitrogen and oxygen atoms in total. The Labute approximate surface area is 209 Å². The third-order valence-corrected chi connectivity index (χ3v) is 11.3. The maximum Gasteiger partial charge on any atom is 0.159 e. The second-order valence-electron chi connectivity index (χ2n) is 13.6. The van der Waals surface area contributed by atoms with Crippen LogP contribution in [-0.2, 0) is 4.79 Å². The predicted octanol–water partition coefficient (Wildman–Crippen LogP) is 2.10. The minimum absolute atomic E-state index is 0.0203. The molecule has 11 atom stereocenters. The molecule has 7 heteroatoms. The van der Waals surface area contributed by atoms with Gasteiger partial charge in [0.1, 0.15) is 0 Å². The van der Waals surface area contributed by atoms with E-state index in [1.165, 1.54) is 0 Å². The zero-order valence-electron chi connectivity index (χ0n) is 22.2. The molecule has 35 heavy (non-hydrogen) atoms. The Hall–Kier alpha value is -0.830. The largest absolute Gasteiger partial charge is 0.390 e. The Bertz CT molecular complexity index is 894. The summed E-state index contributed by atoms with van der Waals surface area (Å²) in [6.45, 7) is 11.0. The van der Waals surface area contributed by atoms with Crippen LogP contribution in [0.2, 0.25) is 0 Å². The van der Waals surface area contributed by atoms with E-state index < -0.39 is 51.9 Å². The first kappa shape index (κ1) is 27.2. The summed E-state index contributed by atoms with van der Waals surface area (Å²) < 4.78 is 0. The molecule has 0 aliphatic heterocycles. The molecule has 0 heterocycles. The van der Waals surface area contributed by atoms with Gasteiger partial charge in [-0.3, -0.25) is 4.79 Å². The summed E-state index contributed by atoms with van der Waals surface area (Å²) in [7, 11) is 0. The maximum atomic E-state index is 13.3. The summed E-state index contributed by atoms with van der Waals surface area (Å²) in [5.74, 6) is -1.12. The lowest BCUT2D eigenvalue weighted by Gasteiger charge is -2.60. The Morgan fingerprint density at radius 3 is 2.29 bits per heavy atom. The van der Waals surface area contributed by atoms with Gasteiger partial charge in [-0.05, 0) is 87.2 Å². The lowest BCUT2D eigenvalue weighted by Crippen LogP contribution is -2.63. The highest BCUT2D eigenvalue weighted by Crippen LogP contribution is 2.68. The normalized spacial score (nSPS) is 47.7. The molecule has 0 unspecified atom stereocenters. The standard InChI is InChI=1S/C28H46O7/c1-15(2)26(5,33)14-23(32)27(6,34)22-8-10-28(35)17-11-19(29)18-12-20(30)21(31)13-24(18,3)16(17)7-9-25(22,28)4/h11,15-16,18,20-23,30-35H,7-10,12-14H2,1-6H3/t16-,18-,20+,21-,22-,23+,24+,25+,26-,27+,28+/m0/s1. The fraction of sp³-hybridized carbons (Fsp3) is 0.893. The molecule has 4 rings (SSSR count). The Balaban J connectivity index is 1.68. The van der Waals surface area contributed by atoms with Gasteiger partial charge in [-0.1, -0.05) is 27.7 Å². The van der Waals surface area contributed by atoms with Crippen molar-refractivity contribution < 1.29 is 35.4 Å². The van der Waals surface area contributed by atoms with Gasteiger partial charge in [0.05, 0.1) is 35.1 Å². The van der Waals surface area contributed by atoms with Gasteiger partial charge in [0, 0.05) is 17.8 Å². The van der Waals surface area contributed by atoms with Crippen molar-refractivity contribution in [2.45, 2.75) is 122 Å². The van der Waals surface area contributed by atoms with Gasteiger partial charge in [-0.2, -0.15) is 0 Å². The van der Waals surface area contributed by atoms with E-state index in [1.807, 2.05) is 27.7 Å². The van der Waals surface area contributed by atoms with Crippen molar-refractivity contribution in [3.8, 4) is 0 Å². The number of rotatable bonds is 5. The Kier molecular flexibility index (Phi) is 6.48. The first-order valence-corrected chi connectivity index (χ1v) is 13.4. The van der Waals surface area contributed by atoms with Gasteiger partial charge in [0.15, 0.2) is 5.78 Å². The summed E-state index contributed by atoms with van der Waals surface area (Å²) in [4.78, 5) is 13.3. The highest BCUT2D eigenvalue weighted by molar-refractivity contribution is 5.95. The summed E-state index contributed by atoms with van der Waals surface area (Å²) in [6.07, 6.45) is 1.32. The van der Waals surface area contributed by atoms with Crippen molar-refractivity contribution in [1.29, 1.82) is 0 Å². The number of hydrogen-bond acceptors (Lipinski definition) is 7. The molecule has 0 aromatic carbocycles. The van der Waals surface area contributed by atoms with Gasteiger partial charge in [0.2, 0.25) is 0 Å². The third kappa shape index (κ3) is 3.79. The van der Waals surface area contributed by atoms with Crippen LogP contribution in [0.1, 0.15) is 86.5 Å². The second kappa shape index (κ2) is 8.34. The van der Waals surface area contributed by atoms with Gasteiger partial charge >= 0.3 is 0 Å². The van der Waals surface area contributed by atoms with E-state index >= 15 is 0 Å². The fourth-order valence-corrected chi connectivity index (χ4v) is 8.37. The molecule has 3 fully saturated rings. The predicted molar refractivity (Wildman–Crippen MR) is 131 cm³/mol. The van der Waals surface area contributed by atoms with Crippen LogP contribution in [0.4, 0.5) is 0 Å². The molecule has 200 valence electrons. The molecule has 0 aromatic heterocycles. The lowest BCUT2D eigenvalue weighted by molar-refractivity contribution is -0.184. The summed E-state index contributed by atoms with van der Waals surface area (Å²) in [5.41, 5.74) is -4.62. The smallest absolute Gasteiger partial charge is 0.159 e. The van der Waals surface area contributed by atoms with E-state index in [1.54, 1.807) is 19.9 Å². The lowest BCUT2D eigenvalue weighted by atomic mass is 9.45. The quantitative estimate of drug-likeness (QED) is 0.344. The minimum Gasteiger partial charge on any atom is -0.390 e. The van der Waals surface area contributed by atoms with Crippen molar-refractivity contribution >= 4 is 5.78 Å². The number of aliphatic hydroxyl groups is 6. The number of carbonyl (C=O) groups excluding carboxylic acids is 1. The van der Waals surface area contributed by atoms with Crippen LogP contribution in [0.3, 0.4) is 0 Å². The molecule has 0 spiro atoms. The zero-order chi connectivity index (χ0) is 26.4. The van der Waals surface area contributed by atoms with Crippen molar-refractivity contribution in [3.05, 3.63) is 11.6 Å². The molecule has 4 aliphatic carbocycles. The molecule has 6 N–H and O–H groups in total. The zero-order valence-corrected chi connectivity index (χ0v) is 22.2. The monoisotopic (exact) mass is 494 g/mol. The average Bonchev–Trinajstić information content (AvgIpc) is 3.02. The fourth-order valence-electron chi connectivity index (χ4n) is 8.37. The van der Waals surface area contributed by atoms with Gasteiger partial charge in [0.25, 0.3) is 0 Å². The topological polar surface area (TPSA) is 138 Å². The number of carbonyl (C=O) groups is 1. The SMILES string of the molecule is CC(C)[C@@](C)(O)C[C@@H](O)[C@](C)(O)[C@H]1CC[C@@]2(O)C3=CC(=O)[C@@H]4C[C@@H](O)[C@@H](O)C[C@]4(C)[C@H]3CC[C@]12C. The molecule has 0 radical (unpaired) electrons. The van der Waals surface area contributed by atoms with Gasteiger partial charge in [-0.25, -0.2) is 0 Å². The van der Waals surface area contributed by atoms with Gasteiger partial charge < -0.3 is 30.6 Å². The molecule has 0 saturated heterocycles. The van der Waals surface area contributed by atoms with E-state index in [0.29, 0.717) is 37.7 Å². The molecule has 0 bridgehead atoms. The number of hydrogen-bond donors (Lipinski definition) is 6. The summed E-state index contributed by atoms with van der Waals surface area (Å²) >= 11 is 0. The number of allylic oxidation sites excluding steroid dienone is 1. The highest BCUT2D eigenvalue weighted by Gasteiger charge is 2.69. The molecular formula is C28H46O7. The number of fused-ring (bicyclic) bond motifs is 5. The van der Waals surface area contributed by atoms with Crippen molar-refractivity contribution in [3.63, 3.8) is 0 Å². The molecule has 4 aliphatic rings. The second-order valence-corrected chi connectivity index (χ2v) is 13.6. The first-order valence-electron chi connectivity index (χ1n) is 13.4. The summed E-state index contributed by atoms with van der Waals surface area (Å²) in [5, 5.41) is 66.6. The number of ketones is 1. The Morgan fingerprint density at radius 2 is 1.69 bits per heavy atom. The van der Waals surface area contributed by atoms with Crippen molar-refractivity contribution in [1.82, 2.24) is 0 Å². The van der Waals surface area contributed by atoms with E-state index in [-0.39, 0.29) is 36.4 Å². The van der Waals surface area contributed by atoms with Gasteiger partial charge in [-0.15, -0.1) is 0 Å². The highest BCUT2D eigenvalue weighted by atomic mass is 16.3. The van der Waals surface area contributed by atoms with Crippen LogP contribution in [0, 0.1) is 34.5 Å². The Morgan fingerprint density at radius 1 is 1.06 bits per heavy atom. The van der Waals surface area contributed by atoms with E-state index in [0.717, 1.165) is 0 Å². The van der Waals surface area contributed by atoms with E-state index in [2.05, 4.69) is 0 Å². The van der Waals surface area contributed by atoms with Crippen LogP contribution in [0.25, 0.3) is 0 Å².